The standard InChI is InChI=1S/C12H21NO4/c1-3-5-6-8-13(7-4-2)10(12(16)17)9-11(14)15/h4,10H,2-3,5-9H2,1H3,(H,14,15)(H,16,17). The fourth-order valence-electron chi connectivity index (χ4n) is 1.64. The summed E-state index contributed by atoms with van der Waals surface area (Å²) in [4.78, 5) is 23.3. The van der Waals surface area contributed by atoms with E-state index in [0.717, 1.165) is 19.3 Å². The van der Waals surface area contributed by atoms with Crippen LogP contribution in [0.2, 0.25) is 0 Å². The van der Waals surface area contributed by atoms with E-state index in [2.05, 4.69) is 13.5 Å². The zero-order valence-corrected chi connectivity index (χ0v) is 10.3. The molecule has 5 heteroatoms. The van der Waals surface area contributed by atoms with Crippen molar-refractivity contribution in [3.8, 4) is 0 Å². The molecule has 17 heavy (non-hydrogen) atoms. The molecular weight excluding hydrogens is 222 g/mol. The molecule has 0 aliphatic heterocycles. The molecule has 0 rings (SSSR count). The fraction of sp³-hybridized carbons (Fsp3) is 0.667. The molecule has 0 bridgehead atoms. The Bertz CT molecular complexity index is 265. The Morgan fingerprint density at radius 1 is 1.35 bits per heavy atom. The topological polar surface area (TPSA) is 77.8 Å². The van der Waals surface area contributed by atoms with Gasteiger partial charge in [0.1, 0.15) is 6.04 Å². The second-order valence-electron chi connectivity index (χ2n) is 3.94. The van der Waals surface area contributed by atoms with Crippen molar-refractivity contribution in [3.05, 3.63) is 12.7 Å². The number of unbranched alkanes of at least 4 members (excludes halogenated alkanes) is 2. The Kier molecular flexibility index (Phi) is 8.05. The van der Waals surface area contributed by atoms with Crippen molar-refractivity contribution in [2.75, 3.05) is 13.1 Å². The zero-order valence-electron chi connectivity index (χ0n) is 10.3. The summed E-state index contributed by atoms with van der Waals surface area (Å²) in [6.07, 6.45) is 4.14. The van der Waals surface area contributed by atoms with Crippen LogP contribution in [-0.2, 0) is 9.59 Å². The summed E-state index contributed by atoms with van der Waals surface area (Å²) < 4.78 is 0. The molecule has 0 aromatic carbocycles. The highest BCUT2D eigenvalue weighted by Crippen LogP contribution is 2.08. The lowest BCUT2D eigenvalue weighted by molar-refractivity contribution is -0.149. The number of hydrogen-bond acceptors (Lipinski definition) is 3. The molecule has 0 aromatic heterocycles. The van der Waals surface area contributed by atoms with Crippen molar-refractivity contribution < 1.29 is 19.8 Å². The molecule has 2 N–H and O–H groups in total. The predicted molar refractivity (Wildman–Crippen MR) is 65.0 cm³/mol. The van der Waals surface area contributed by atoms with Crippen LogP contribution in [0.5, 0.6) is 0 Å². The number of hydrogen-bond donors (Lipinski definition) is 2. The van der Waals surface area contributed by atoms with Crippen LogP contribution in [0.1, 0.15) is 32.6 Å². The average molecular weight is 243 g/mol. The van der Waals surface area contributed by atoms with Crippen LogP contribution in [0.25, 0.3) is 0 Å². The van der Waals surface area contributed by atoms with E-state index in [1.807, 2.05) is 0 Å². The molecule has 0 amide bonds. The van der Waals surface area contributed by atoms with Gasteiger partial charge in [-0.1, -0.05) is 25.8 Å². The Balaban J connectivity index is 4.51. The van der Waals surface area contributed by atoms with Gasteiger partial charge >= 0.3 is 11.9 Å². The molecule has 5 nitrogen and oxygen atoms in total. The number of aliphatic carboxylic acids is 2. The second kappa shape index (κ2) is 8.75. The molecule has 98 valence electrons. The van der Waals surface area contributed by atoms with E-state index >= 15 is 0 Å². The predicted octanol–water partition coefficient (Wildman–Crippen LogP) is 1.59. The van der Waals surface area contributed by atoms with E-state index in [1.165, 1.54) is 0 Å². The molecule has 0 heterocycles. The number of carboxylic acids is 2. The summed E-state index contributed by atoms with van der Waals surface area (Å²) >= 11 is 0. The first-order valence-electron chi connectivity index (χ1n) is 5.82. The minimum absolute atomic E-state index is 0.380. The number of nitrogens with zero attached hydrogens (tertiary/aromatic N) is 1. The van der Waals surface area contributed by atoms with Crippen molar-refractivity contribution in [1.82, 2.24) is 4.90 Å². The van der Waals surface area contributed by atoms with E-state index in [4.69, 9.17) is 10.2 Å². The van der Waals surface area contributed by atoms with E-state index in [1.54, 1.807) is 11.0 Å². The van der Waals surface area contributed by atoms with Gasteiger partial charge in [0.25, 0.3) is 0 Å². The Hall–Kier alpha value is -1.36. The minimum Gasteiger partial charge on any atom is -0.481 e. The lowest BCUT2D eigenvalue weighted by Crippen LogP contribution is -2.43. The van der Waals surface area contributed by atoms with Crippen LogP contribution in [-0.4, -0.2) is 46.2 Å². The van der Waals surface area contributed by atoms with Crippen LogP contribution < -0.4 is 0 Å². The number of rotatable bonds is 10. The summed E-state index contributed by atoms with van der Waals surface area (Å²) in [5, 5.41) is 17.7. The summed E-state index contributed by atoms with van der Waals surface area (Å²) in [5.41, 5.74) is 0. The Labute approximate surface area is 102 Å². The highest BCUT2D eigenvalue weighted by molar-refractivity contribution is 5.80. The monoisotopic (exact) mass is 243 g/mol. The maximum absolute atomic E-state index is 11.0. The lowest BCUT2D eigenvalue weighted by Gasteiger charge is -2.26. The first kappa shape index (κ1) is 15.6. The van der Waals surface area contributed by atoms with Crippen molar-refractivity contribution in [2.24, 2.45) is 0 Å². The van der Waals surface area contributed by atoms with Gasteiger partial charge in [-0.3, -0.25) is 14.5 Å². The van der Waals surface area contributed by atoms with Crippen molar-refractivity contribution in [2.45, 2.75) is 38.6 Å². The zero-order chi connectivity index (χ0) is 13.3. The molecule has 0 saturated heterocycles. The molecule has 0 spiro atoms. The van der Waals surface area contributed by atoms with Crippen LogP contribution in [0.4, 0.5) is 0 Å². The molecule has 0 radical (unpaired) electrons. The SMILES string of the molecule is C=CCN(CCCCC)C(CC(=O)O)C(=O)O. The largest absolute Gasteiger partial charge is 0.481 e. The quantitative estimate of drug-likeness (QED) is 0.450. The smallest absolute Gasteiger partial charge is 0.321 e. The van der Waals surface area contributed by atoms with Crippen LogP contribution >= 0.6 is 0 Å². The third-order valence-corrected chi connectivity index (χ3v) is 2.51. The molecular formula is C12H21NO4. The Morgan fingerprint density at radius 3 is 2.41 bits per heavy atom. The van der Waals surface area contributed by atoms with Gasteiger partial charge in [0, 0.05) is 6.54 Å². The van der Waals surface area contributed by atoms with Gasteiger partial charge in [-0.05, 0) is 13.0 Å². The number of carboxylic acid groups (broad SMARTS) is 2. The molecule has 0 aromatic rings. The minimum atomic E-state index is -1.10. The Morgan fingerprint density at radius 2 is 2.00 bits per heavy atom. The van der Waals surface area contributed by atoms with Crippen molar-refractivity contribution in [3.63, 3.8) is 0 Å². The number of carbonyl (C=O) groups is 2. The molecule has 0 aliphatic carbocycles. The molecule has 1 atom stereocenters. The maximum atomic E-state index is 11.0. The first-order valence-corrected chi connectivity index (χ1v) is 5.82. The normalized spacial score (nSPS) is 12.4. The van der Waals surface area contributed by atoms with Gasteiger partial charge in [-0.25, -0.2) is 0 Å². The lowest BCUT2D eigenvalue weighted by atomic mass is 10.1. The summed E-state index contributed by atoms with van der Waals surface area (Å²) in [7, 11) is 0. The van der Waals surface area contributed by atoms with Gasteiger partial charge < -0.3 is 10.2 Å². The van der Waals surface area contributed by atoms with Gasteiger partial charge in [-0.15, -0.1) is 6.58 Å². The third kappa shape index (κ3) is 6.73. The molecule has 1 unspecified atom stereocenters. The first-order chi connectivity index (χ1) is 8.02. The van der Waals surface area contributed by atoms with Crippen LogP contribution in [0.15, 0.2) is 12.7 Å². The maximum Gasteiger partial charge on any atom is 0.321 e. The van der Waals surface area contributed by atoms with E-state index < -0.39 is 18.0 Å². The summed E-state index contributed by atoms with van der Waals surface area (Å²) in [6.45, 7) is 6.61. The van der Waals surface area contributed by atoms with Gasteiger partial charge in [-0.2, -0.15) is 0 Å². The summed E-state index contributed by atoms with van der Waals surface area (Å²) in [5.74, 6) is -2.19. The highest BCUT2D eigenvalue weighted by atomic mass is 16.4. The average Bonchev–Trinajstić information content (AvgIpc) is 2.24. The van der Waals surface area contributed by atoms with Crippen molar-refractivity contribution in [1.29, 1.82) is 0 Å². The molecule has 0 aliphatic rings. The molecule has 0 saturated carbocycles. The van der Waals surface area contributed by atoms with Gasteiger partial charge in [0.2, 0.25) is 0 Å². The third-order valence-electron chi connectivity index (χ3n) is 2.51. The van der Waals surface area contributed by atoms with Crippen molar-refractivity contribution >= 4 is 11.9 Å². The summed E-state index contributed by atoms with van der Waals surface area (Å²) in [6, 6.07) is -0.970. The van der Waals surface area contributed by atoms with E-state index in [0.29, 0.717) is 13.1 Å². The van der Waals surface area contributed by atoms with E-state index in [9.17, 15) is 9.59 Å². The van der Waals surface area contributed by atoms with Crippen LogP contribution in [0, 0.1) is 0 Å². The van der Waals surface area contributed by atoms with Gasteiger partial charge in [0.15, 0.2) is 0 Å². The van der Waals surface area contributed by atoms with Crippen LogP contribution in [0.3, 0.4) is 0 Å². The second-order valence-corrected chi connectivity index (χ2v) is 3.94. The fourth-order valence-corrected chi connectivity index (χ4v) is 1.64. The highest BCUT2D eigenvalue weighted by Gasteiger charge is 2.26. The van der Waals surface area contributed by atoms with Gasteiger partial charge in [0.05, 0.1) is 6.42 Å². The van der Waals surface area contributed by atoms with E-state index in [-0.39, 0.29) is 6.42 Å². The molecule has 0 fully saturated rings.